The van der Waals surface area contributed by atoms with Gasteiger partial charge >= 0.3 is 0 Å². The van der Waals surface area contributed by atoms with Crippen molar-refractivity contribution in [2.24, 2.45) is 5.92 Å². The molecule has 2 atom stereocenters. The molecule has 6 nitrogen and oxygen atoms in total. The molecule has 0 bridgehead atoms. The SMILES string of the molecule is CC(NC(=O)C1CCC1)C(=O)N1CCN(CC(O)c2ccccc2)CC1. The van der Waals surface area contributed by atoms with E-state index in [1.54, 1.807) is 6.92 Å². The quantitative estimate of drug-likeness (QED) is 0.800. The van der Waals surface area contributed by atoms with Gasteiger partial charge in [-0.05, 0) is 25.3 Å². The van der Waals surface area contributed by atoms with E-state index in [4.69, 9.17) is 0 Å². The molecule has 1 aliphatic heterocycles. The largest absolute Gasteiger partial charge is 0.387 e. The van der Waals surface area contributed by atoms with Crippen LogP contribution in [0.15, 0.2) is 30.3 Å². The molecule has 1 heterocycles. The minimum absolute atomic E-state index is 0.0130. The van der Waals surface area contributed by atoms with E-state index >= 15 is 0 Å². The van der Waals surface area contributed by atoms with Gasteiger partial charge in [-0.15, -0.1) is 0 Å². The first-order valence-electron chi connectivity index (χ1n) is 9.59. The van der Waals surface area contributed by atoms with Crippen molar-refractivity contribution < 1.29 is 14.7 Å². The fourth-order valence-electron chi connectivity index (χ4n) is 3.51. The first-order valence-corrected chi connectivity index (χ1v) is 9.59. The van der Waals surface area contributed by atoms with Crippen molar-refractivity contribution in [3.05, 3.63) is 35.9 Å². The number of aliphatic hydroxyl groups excluding tert-OH is 1. The molecule has 142 valence electrons. The van der Waals surface area contributed by atoms with Crippen LogP contribution in [0.1, 0.15) is 37.9 Å². The number of hydrogen-bond donors (Lipinski definition) is 2. The van der Waals surface area contributed by atoms with Gasteiger partial charge in [-0.25, -0.2) is 0 Å². The summed E-state index contributed by atoms with van der Waals surface area (Å²) in [7, 11) is 0. The van der Waals surface area contributed by atoms with Crippen LogP contribution >= 0.6 is 0 Å². The Morgan fingerprint density at radius 1 is 1.15 bits per heavy atom. The highest BCUT2D eigenvalue weighted by molar-refractivity contribution is 5.88. The summed E-state index contributed by atoms with van der Waals surface area (Å²) in [5.41, 5.74) is 0.915. The summed E-state index contributed by atoms with van der Waals surface area (Å²) in [4.78, 5) is 28.6. The zero-order valence-electron chi connectivity index (χ0n) is 15.4. The third-order valence-corrected chi connectivity index (χ3v) is 5.50. The summed E-state index contributed by atoms with van der Waals surface area (Å²) in [6, 6.07) is 9.17. The average molecular weight is 359 g/mol. The maximum Gasteiger partial charge on any atom is 0.244 e. The van der Waals surface area contributed by atoms with Crippen LogP contribution in [0, 0.1) is 5.92 Å². The van der Waals surface area contributed by atoms with Crippen molar-refractivity contribution in [3.63, 3.8) is 0 Å². The maximum absolute atomic E-state index is 12.6. The highest BCUT2D eigenvalue weighted by Gasteiger charge is 2.30. The van der Waals surface area contributed by atoms with Crippen LogP contribution in [0.3, 0.4) is 0 Å². The number of piperazine rings is 1. The Hall–Kier alpha value is -1.92. The van der Waals surface area contributed by atoms with Crippen LogP contribution in [0.5, 0.6) is 0 Å². The van der Waals surface area contributed by atoms with Gasteiger partial charge in [0, 0.05) is 38.6 Å². The molecule has 1 saturated carbocycles. The number of aliphatic hydroxyl groups is 1. The summed E-state index contributed by atoms with van der Waals surface area (Å²) in [6.45, 7) is 5.07. The number of nitrogens with zero attached hydrogens (tertiary/aromatic N) is 2. The zero-order valence-corrected chi connectivity index (χ0v) is 15.4. The number of amides is 2. The first-order chi connectivity index (χ1) is 12.5. The van der Waals surface area contributed by atoms with Gasteiger partial charge in [0.25, 0.3) is 0 Å². The van der Waals surface area contributed by atoms with E-state index in [2.05, 4.69) is 10.2 Å². The van der Waals surface area contributed by atoms with Gasteiger partial charge in [0.1, 0.15) is 6.04 Å². The molecule has 3 rings (SSSR count). The first kappa shape index (κ1) is 18.9. The molecule has 2 amide bonds. The minimum Gasteiger partial charge on any atom is -0.387 e. The highest BCUT2D eigenvalue weighted by Crippen LogP contribution is 2.26. The summed E-state index contributed by atoms with van der Waals surface area (Å²) in [6.07, 6.45) is 2.47. The third-order valence-electron chi connectivity index (χ3n) is 5.50. The van der Waals surface area contributed by atoms with Crippen LogP contribution in [-0.4, -0.2) is 65.5 Å². The predicted molar refractivity (Wildman–Crippen MR) is 99.4 cm³/mol. The van der Waals surface area contributed by atoms with E-state index in [0.717, 1.165) is 37.9 Å². The van der Waals surface area contributed by atoms with Gasteiger partial charge in [0.2, 0.25) is 11.8 Å². The summed E-state index contributed by atoms with van der Waals surface area (Å²) in [5, 5.41) is 13.2. The molecule has 0 spiro atoms. The lowest BCUT2D eigenvalue weighted by atomic mass is 9.84. The summed E-state index contributed by atoms with van der Waals surface area (Å²) < 4.78 is 0. The van der Waals surface area contributed by atoms with Gasteiger partial charge in [0.05, 0.1) is 6.10 Å². The van der Waals surface area contributed by atoms with E-state index < -0.39 is 12.1 Å². The lowest BCUT2D eigenvalue weighted by Gasteiger charge is -2.37. The number of β-amino-alcohol motifs (C(OH)–C–C–N with tert-alkyl or cyclic N) is 1. The standard InChI is InChI=1S/C20H29N3O3/c1-15(21-19(25)17-8-5-9-17)20(26)23-12-10-22(11-13-23)14-18(24)16-6-3-2-4-7-16/h2-4,6-7,15,17-18,24H,5,8-14H2,1H3,(H,21,25). The lowest BCUT2D eigenvalue weighted by Crippen LogP contribution is -2.55. The number of hydrogen-bond acceptors (Lipinski definition) is 4. The Bertz CT molecular complexity index is 610. The van der Waals surface area contributed by atoms with Gasteiger partial charge in [-0.2, -0.15) is 0 Å². The molecule has 2 aliphatic rings. The molecule has 1 saturated heterocycles. The second kappa shape index (κ2) is 8.64. The number of carbonyl (C=O) groups excluding carboxylic acids is 2. The van der Waals surface area contributed by atoms with E-state index in [0.29, 0.717) is 19.6 Å². The molecule has 6 heteroatoms. The Labute approximate surface area is 155 Å². The van der Waals surface area contributed by atoms with Crippen LogP contribution < -0.4 is 5.32 Å². The second-order valence-corrected chi connectivity index (χ2v) is 7.41. The zero-order chi connectivity index (χ0) is 18.5. The molecule has 1 aromatic carbocycles. The van der Waals surface area contributed by atoms with E-state index in [-0.39, 0.29) is 17.7 Å². The Balaban J connectivity index is 1.42. The Morgan fingerprint density at radius 2 is 1.81 bits per heavy atom. The topological polar surface area (TPSA) is 72.9 Å². The monoisotopic (exact) mass is 359 g/mol. The smallest absolute Gasteiger partial charge is 0.244 e. The Morgan fingerprint density at radius 3 is 2.38 bits per heavy atom. The fraction of sp³-hybridized carbons (Fsp3) is 0.600. The van der Waals surface area contributed by atoms with Gasteiger partial charge < -0.3 is 15.3 Å². The molecule has 2 fully saturated rings. The van der Waals surface area contributed by atoms with E-state index in [1.165, 1.54) is 0 Å². The normalized spacial score (nSPS) is 20.9. The molecule has 2 unspecified atom stereocenters. The average Bonchev–Trinajstić information content (AvgIpc) is 2.61. The maximum atomic E-state index is 12.6. The van der Waals surface area contributed by atoms with Crippen LogP contribution in [0.2, 0.25) is 0 Å². The molecule has 2 N–H and O–H groups in total. The van der Waals surface area contributed by atoms with E-state index in [1.807, 2.05) is 35.2 Å². The number of rotatable bonds is 6. The Kier molecular flexibility index (Phi) is 6.27. The van der Waals surface area contributed by atoms with Crippen molar-refractivity contribution >= 4 is 11.8 Å². The van der Waals surface area contributed by atoms with Crippen molar-refractivity contribution in [1.82, 2.24) is 15.1 Å². The molecule has 1 aromatic rings. The van der Waals surface area contributed by atoms with Crippen molar-refractivity contribution in [2.75, 3.05) is 32.7 Å². The fourth-order valence-corrected chi connectivity index (χ4v) is 3.51. The summed E-state index contributed by atoms with van der Waals surface area (Å²) >= 11 is 0. The molecular formula is C20H29N3O3. The molecule has 26 heavy (non-hydrogen) atoms. The highest BCUT2D eigenvalue weighted by atomic mass is 16.3. The van der Waals surface area contributed by atoms with Gasteiger partial charge in [-0.3, -0.25) is 14.5 Å². The third kappa shape index (κ3) is 4.62. The minimum atomic E-state index is -0.515. The molecule has 0 radical (unpaired) electrons. The van der Waals surface area contributed by atoms with Crippen molar-refractivity contribution in [3.8, 4) is 0 Å². The number of nitrogens with one attached hydrogen (secondary N) is 1. The van der Waals surface area contributed by atoms with Crippen LogP contribution in [0.25, 0.3) is 0 Å². The lowest BCUT2D eigenvalue weighted by molar-refractivity contribution is -0.139. The van der Waals surface area contributed by atoms with E-state index in [9.17, 15) is 14.7 Å². The number of carbonyl (C=O) groups is 2. The number of benzene rings is 1. The van der Waals surface area contributed by atoms with Gasteiger partial charge in [0.15, 0.2) is 0 Å². The molecule has 1 aliphatic carbocycles. The predicted octanol–water partition coefficient (Wildman–Crippen LogP) is 1.17. The van der Waals surface area contributed by atoms with Crippen LogP contribution in [0.4, 0.5) is 0 Å². The van der Waals surface area contributed by atoms with Crippen molar-refractivity contribution in [1.29, 1.82) is 0 Å². The van der Waals surface area contributed by atoms with Gasteiger partial charge in [-0.1, -0.05) is 36.8 Å². The summed E-state index contributed by atoms with van der Waals surface area (Å²) in [5.74, 6) is 0.101. The molecule has 0 aromatic heterocycles. The van der Waals surface area contributed by atoms with Crippen molar-refractivity contribution in [2.45, 2.75) is 38.3 Å². The second-order valence-electron chi connectivity index (χ2n) is 7.41. The molecular weight excluding hydrogens is 330 g/mol. The van der Waals surface area contributed by atoms with Crippen LogP contribution in [-0.2, 0) is 9.59 Å².